The molecule has 1 fully saturated rings. The first-order chi connectivity index (χ1) is 7.74. The first kappa shape index (κ1) is 11.5. The van der Waals surface area contributed by atoms with Gasteiger partial charge in [0.1, 0.15) is 18.0 Å². The Labute approximate surface area is 93.3 Å². The van der Waals surface area contributed by atoms with Crippen molar-refractivity contribution in [3.8, 4) is 0 Å². The van der Waals surface area contributed by atoms with Crippen LogP contribution in [0.2, 0.25) is 0 Å². The van der Waals surface area contributed by atoms with E-state index in [9.17, 15) is 4.39 Å². The van der Waals surface area contributed by atoms with E-state index >= 15 is 0 Å². The lowest BCUT2D eigenvalue weighted by Gasteiger charge is -2.10. The second kappa shape index (κ2) is 4.88. The van der Waals surface area contributed by atoms with Gasteiger partial charge in [-0.2, -0.15) is 0 Å². The Morgan fingerprint density at radius 1 is 1.00 bits per heavy atom. The van der Waals surface area contributed by atoms with Crippen LogP contribution < -0.4 is 11.5 Å². The summed E-state index contributed by atoms with van der Waals surface area (Å²) in [4.78, 5) is 0. The van der Waals surface area contributed by atoms with E-state index in [2.05, 4.69) is 0 Å². The molecule has 1 aliphatic heterocycles. The average Bonchev–Trinajstić information content (AvgIpc) is 2.73. The van der Waals surface area contributed by atoms with Gasteiger partial charge in [0.15, 0.2) is 6.29 Å². The van der Waals surface area contributed by atoms with Crippen LogP contribution in [-0.2, 0) is 9.47 Å². The van der Waals surface area contributed by atoms with E-state index in [0.717, 1.165) is 5.56 Å². The predicted molar refractivity (Wildman–Crippen MR) is 57.0 cm³/mol. The van der Waals surface area contributed by atoms with Crippen LogP contribution in [-0.4, -0.2) is 25.3 Å². The van der Waals surface area contributed by atoms with Crippen molar-refractivity contribution in [3.63, 3.8) is 0 Å². The van der Waals surface area contributed by atoms with Gasteiger partial charge in [-0.15, -0.1) is 0 Å². The third-order valence-corrected chi connectivity index (χ3v) is 2.62. The van der Waals surface area contributed by atoms with Crippen molar-refractivity contribution < 1.29 is 13.9 Å². The summed E-state index contributed by atoms with van der Waals surface area (Å²) in [6.45, 7) is 0.721. The molecule has 0 radical (unpaired) electrons. The number of hydrogen-bond acceptors (Lipinski definition) is 4. The van der Waals surface area contributed by atoms with Crippen LogP contribution in [0.4, 0.5) is 4.39 Å². The topological polar surface area (TPSA) is 70.5 Å². The number of halogens is 1. The van der Waals surface area contributed by atoms with Gasteiger partial charge in [-0.25, -0.2) is 4.39 Å². The summed E-state index contributed by atoms with van der Waals surface area (Å²) in [7, 11) is 0. The van der Waals surface area contributed by atoms with Crippen molar-refractivity contribution in [2.45, 2.75) is 18.5 Å². The molecule has 0 bridgehead atoms. The molecule has 0 spiro atoms. The number of hydrogen-bond donors (Lipinski definition) is 2. The molecule has 4 N–H and O–H groups in total. The average molecular weight is 226 g/mol. The molecule has 1 heterocycles. The van der Waals surface area contributed by atoms with E-state index in [1.54, 1.807) is 12.1 Å². The lowest BCUT2D eigenvalue weighted by Crippen LogP contribution is -2.35. The van der Waals surface area contributed by atoms with Crippen LogP contribution in [0.5, 0.6) is 0 Å². The highest BCUT2D eigenvalue weighted by molar-refractivity contribution is 5.18. The zero-order chi connectivity index (χ0) is 11.5. The summed E-state index contributed by atoms with van der Waals surface area (Å²) in [6, 6.07) is 6.00. The van der Waals surface area contributed by atoms with E-state index in [1.165, 1.54) is 12.1 Å². The molecule has 1 aromatic carbocycles. The lowest BCUT2D eigenvalue weighted by atomic mass is 10.2. The van der Waals surface area contributed by atoms with Crippen LogP contribution >= 0.6 is 0 Å². The van der Waals surface area contributed by atoms with Crippen molar-refractivity contribution in [2.24, 2.45) is 11.5 Å². The molecule has 1 aliphatic rings. The van der Waals surface area contributed by atoms with Crippen molar-refractivity contribution in [1.82, 2.24) is 0 Å². The Hall–Kier alpha value is -1.01. The molecule has 2 atom stereocenters. The lowest BCUT2D eigenvalue weighted by molar-refractivity contribution is -0.0670. The Morgan fingerprint density at radius 2 is 1.50 bits per heavy atom. The summed E-state index contributed by atoms with van der Waals surface area (Å²) >= 11 is 0. The van der Waals surface area contributed by atoms with Crippen LogP contribution in [0.1, 0.15) is 11.9 Å². The molecule has 5 heteroatoms. The van der Waals surface area contributed by atoms with Crippen molar-refractivity contribution >= 4 is 0 Å². The molecule has 0 amide bonds. The van der Waals surface area contributed by atoms with Gasteiger partial charge in [-0.3, -0.25) is 0 Å². The number of ether oxygens (including phenoxy) is 2. The van der Waals surface area contributed by atoms with Gasteiger partial charge < -0.3 is 20.9 Å². The highest BCUT2D eigenvalue weighted by Gasteiger charge is 2.34. The third-order valence-electron chi connectivity index (χ3n) is 2.62. The van der Waals surface area contributed by atoms with Gasteiger partial charge in [0, 0.05) is 18.7 Å². The summed E-state index contributed by atoms with van der Waals surface area (Å²) < 4.78 is 23.9. The van der Waals surface area contributed by atoms with E-state index in [4.69, 9.17) is 20.9 Å². The van der Waals surface area contributed by atoms with Gasteiger partial charge in [-0.05, 0) is 12.1 Å². The zero-order valence-corrected chi connectivity index (χ0v) is 8.80. The van der Waals surface area contributed by atoms with Crippen LogP contribution in [0.25, 0.3) is 0 Å². The molecule has 2 rings (SSSR count). The maximum atomic E-state index is 12.7. The fraction of sp³-hybridized carbons (Fsp3) is 0.455. The smallest absolute Gasteiger partial charge is 0.184 e. The van der Waals surface area contributed by atoms with Gasteiger partial charge >= 0.3 is 0 Å². The van der Waals surface area contributed by atoms with E-state index in [0.29, 0.717) is 13.1 Å². The molecule has 16 heavy (non-hydrogen) atoms. The third kappa shape index (κ3) is 2.22. The van der Waals surface area contributed by atoms with Crippen molar-refractivity contribution in [3.05, 3.63) is 35.6 Å². The van der Waals surface area contributed by atoms with Gasteiger partial charge in [0.2, 0.25) is 0 Å². The number of benzene rings is 1. The minimum Gasteiger partial charge on any atom is -0.341 e. The van der Waals surface area contributed by atoms with Crippen molar-refractivity contribution in [2.75, 3.05) is 13.1 Å². The molecule has 88 valence electrons. The van der Waals surface area contributed by atoms with Crippen LogP contribution in [0.15, 0.2) is 24.3 Å². The van der Waals surface area contributed by atoms with Gasteiger partial charge in [0.25, 0.3) is 0 Å². The molecule has 2 unspecified atom stereocenters. The maximum absolute atomic E-state index is 12.7. The van der Waals surface area contributed by atoms with E-state index in [1.807, 2.05) is 0 Å². The molecular formula is C11H15FN2O2. The standard InChI is InChI=1S/C11H15FN2O2/c12-8-3-1-7(2-4-8)11-15-9(5-13)10(6-14)16-11/h1-4,9-11H,5-6,13-14H2. The molecular weight excluding hydrogens is 211 g/mol. The van der Waals surface area contributed by atoms with Crippen molar-refractivity contribution in [1.29, 1.82) is 0 Å². The zero-order valence-electron chi connectivity index (χ0n) is 8.80. The second-order valence-corrected chi connectivity index (χ2v) is 3.70. The molecule has 0 saturated carbocycles. The summed E-state index contributed by atoms with van der Waals surface area (Å²) in [6.07, 6.45) is -0.886. The van der Waals surface area contributed by atoms with E-state index < -0.39 is 6.29 Å². The Balaban J connectivity index is 2.09. The Kier molecular flexibility index (Phi) is 3.50. The minimum atomic E-state index is -0.498. The summed E-state index contributed by atoms with van der Waals surface area (Å²) in [5, 5.41) is 0. The Morgan fingerprint density at radius 3 is 1.94 bits per heavy atom. The second-order valence-electron chi connectivity index (χ2n) is 3.70. The fourth-order valence-electron chi connectivity index (χ4n) is 1.72. The normalized spacial score (nSPS) is 29.6. The fourth-order valence-corrected chi connectivity index (χ4v) is 1.72. The highest BCUT2D eigenvalue weighted by Crippen LogP contribution is 2.30. The number of nitrogens with two attached hydrogens (primary N) is 2. The largest absolute Gasteiger partial charge is 0.341 e. The monoisotopic (exact) mass is 226 g/mol. The highest BCUT2D eigenvalue weighted by atomic mass is 19.1. The first-order valence-corrected chi connectivity index (χ1v) is 5.21. The first-order valence-electron chi connectivity index (χ1n) is 5.21. The Bertz CT molecular complexity index is 332. The number of rotatable bonds is 3. The molecule has 1 saturated heterocycles. The van der Waals surface area contributed by atoms with Gasteiger partial charge in [0.05, 0.1) is 0 Å². The maximum Gasteiger partial charge on any atom is 0.184 e. The minimum absolute atomic E-state index is 0.194. The molecule has 0 aromatic heterocycles. The molecule has 1 aromatic rings. The van der Waals surface area contributed by atoms with E-state index in [-0.39, 0.29) is 18.0 Å². The SMILES string of the molecule is NCC1OC(c2ccc(F)cc2)OC1CN. The van der Waals surface area contributed by atoms with Crippen LogP contribution in [0.3, 0.4) is 0 Å². The quantitative estimate of drug-likeness (QED) is 0.788. The molecule has 4 nitrogen and oxygen atoms in total. The van der Waals surface area contributed by atoms with Crippen LogP contribution in [0, 0.1) is 5.82 Å². The predicted octanol–water partition coefficient (Wildman–Crippen LogP) is 0.526. The summed E-state index contributed by atoms with van der Waals surface area (Å²) in [5.74, 6) is -0.285. The molecule has 0 aliphatic carbocycles. The van der Waals surface area contributed by atoms with Gasteiger partial charge in [-0.1, -0.05) is 12.1 Å². The summed E-state index contributed by atoms with van der Waals surface area (Å²) in [5.41, 5.74) is 11.9.